The SMILES string of the molecule is CCCCCCNC(=O)[C@]12CC[C@@H](C)[C@H](C)C1C1=CC[C@@H]3[C@@]4(C)CC[C@H](OC(C)=O)C(C)(C)[C@@H]4CC[C@@]3(C)[C@]1(C)CC2. The fourth-order valence-electron chi connectivity index (χ4n) is 12.2. The van der Waals surface area contributed by atoms with Crippen molar-refractivity contribution in [3.05, 3.63) is 11.6 Å². The van der Waals surface area contributed by atoms with E-state index in [9.17, 15) is 9.59 Å². The summed E-state index contributed by atoms with van der Waals surface area (Å²) in [6.07, 6.45) is 17.6. The van der Waals surface area contributed by atoms with Gasteiger partial charge in [-0.15, -0.1) is 0 Å². The van der Waals surface area contributed by atoms with E-state index in [-0.39, 0.29) is 39.1 Å². The molecule has 5 aliphatic carbocycles. The third kappa shape index (κ3) is 4.65. The van der Waals surface area contributed by atoms with Gasteiger partial charge in [-0.2, -0.15) is 0 Å². The Labute approximate surface area is 258 Å². The van der Waals surface area contributed by atoms with Crippen LogP contribution >= 0.6 is 0 Å². The first-order chi connectivity index (χ1) is 19.7. The Kier molecular flexibility index (Phi) is 8.59. The van der Waals surface area contributed by atoms with Crippen molar-refractivity contribution < 1.29 is 14.3 Å². The molecule has 0 aromatic rings. The van der Waals surface area contributed by atoms with Crippen LogP contribution in [0, 0.1) is 56.7 Å². The smallest absolute Gasteiger partial charge is 0.302 e. The summed E-state index contributed by atoms with van der Waals surface area (Å²) in [6, 6.07) is 0. The Bertz CT molecular complexity index is 1080. The highest BCUT2D eigenvalue weighted by Gasteiger charge is 2.69. The standard InChI is InChI=1S/C38H63NO3/c1-10-11-12-13-24-39-33(41)38-21-16-25(2)26(3)32(38)28-14-15-30-35(7)19-18-31(42-27(4)40)34(5,6)29(35)17-20-37(30,9)36(28,8)22-23-38/h14,25-26,29-32H,10-13,15-24H2,1-9H3,(H,39,41)/t25-,26+,29+,30-,31+,32?,35+,36-,37-,38+/m1/s1. The number of rotatable bonds is 7. The number of unbranched alkanes of at least 4 members (excludes halogenated alkanes) is 3. The zero-order chi connectivity index (χ0) is 30.7. The average Bonchev–Trinajstić information content (AvgIpc) is 2.92. The molecule has 5 aliphatic rings. The lowest BCUT2D eigenvalue weighted by Crippen LogP contribution is -2.66. The van der Waals surface area contributed by atoms with Gasteiger partial charge in [0, 0.05) is 18.9 Å². The van der Waals surface area contributed by atoms with Crippen LogP contribution in [0.3, 0.4) is 0 Å². The summed E-state index contributed by atoms with van der Waals surface area (Å²) in [4.78, 5) is 26.2. The summed E-state index contributed by atoms with van der Waals surface area (Å²) in [5.74, 6) is 2.93. The second-order valence-corrected chi connectivity index (χ2v) is 17.1. The maximum Gasteiger partial charge on any atom is 0.302 e. The third-order valence-corrected chi connectivity index (χ3v) is 15.0. The average molecular weight is 582 g/mol. The molecule has 4 fully saturated rings. The highest BCUT2D eigenvalue weighted by molar-refractivity contribution is 5.84. The molecule has 4 nitrogen and oxygen atoms in total. The van der Waals surface area contributed by atoms with E-state index in [2.05, 4.69) is 66.8 Å². The highest BCUT2D eigenvalue weighted by Crippen LogP contribution is 2.75. The van der Waals surface area contributed by atoms with Crippen LogP contribution in [0.15, 0.2) is 11.6 Å². The molecule has 238 valence electrons. The van der Waals surface area contributed by atoms with Crippen LogP contribution in [0.4, 0.5) is 0 Å². The van der Waals surface area contributed by atoms with Gasteiger partial charge in [0.1, 0.15) is 6.10 Å². The number of hydrogen-bond donors (Lipinski definition) is 1. The number of fused-ring (bicyclic) bond motifs is 7. The fraction of sp³-hybridized carbons (Fsp3) is 0.895. The zero-order valence-corrected chi connectivity index (χ0v) is 28.7. The molecule has 1 unspecified atom stereocenters. The van der Waals surface area contributed by atoms with E-state index in [1.807, 2.05) is 0 Å². The van der Waals surface area contributed by atoms with Gasteiger partial charge in [-0.3, -0.25) is 9.59 Å². The molecule has 0 aromatic carbocycles. The molecule has 0 spiro atoms. The van der Waals surface area contributed by atoms with Gasteiger partial charge in [0.2, 0.25) is 5.91 Å². The highest BCUT2D eigenvalue weighted by atomic mass is 16.5. The topological polar surface area (TPSA) is 55.4 Å². The molecule has 0 heterocycles. The van der Waals surface area contributed by atoms with Crippen molar-refractivity contribution >= 4 is 11.9 Å². The number of amides is 1. The Morgan fingerprint density at radius 1 is 0.905 bits per heavy atom. The molecule has 0 radical (unpaired) electrons. The second kappa shape index (κ2) is 11.2. The van der Waals surface area contributed by atoms with Crippen LogP contribution in [0.25, 0.3) is 0 Å². The molecule has 1 amide bonds. The van der Waals surface area contributed by atoms with Crippen molar-refractivity contribution in [3.8, 4) is 0 Å². The minimum absolute atomic E-state index is 0.0167. The van der Waals surface area contributed by atoms with Gasteiger partial charge in [-0.05, 0) is 110 Å². The summed E-state index contributed by atoms with van der Waals surface area (Å²) in [5.41, 5.74) is 1.97. The summed E-state index contributed by atoms with van der Waals surface area (Å²) >= 11 is 0. The van der Waals surface area contributed by atoms with Crippen molar-refractivity contribution in [1.29, 1.82) is 0 Å². The first-order valence-corrected chi connectivity index (χ1v) is 17.8. The number of ether oxygens (including phenoxy) is 1. The van der Waals surface area contributed by atoms with E-state index < -0.39 is 0 Å². The van der Waals surface area contributed by atoms with Gasteiger partial charge in [-0.25, -0.2) is 0 Å². The molecule has 42 heavy (non-hydrogen) atoms. The molecule has 0 saturated heterocycles. The normalized spacial score (nSPS) is 45.8. The predicted octanol–water partition coefficient (Wildman–Crippen LogP) is 9.27. The number of allylic oxidation sites excluding steroid dienone is 2. The number of carbonyl (C=O) groups excluding carboxylic acids is 2. The van der Waals surface area contributed by atoms with Crippen molar-refractivity contribution in [2.24, 2.45) is 56.7 Å². The lowest BCUT2D eigenvalue weighted by atomic mass is 9.33. The van der Waals surface area contributed by atoms with Gasteiger partial charge in [0.15, 0.2) is 0 Å². The largest absolute Gasteiger partial charge is 0.462 e. The number of hydrogen-bond acceptors (Lipinski definition) is 3. The lowest BCUT2D eigenvalue weighted by Gasteiger charge is -2.71. The molecule has 0 aromatic heterocycles. The first-order valence-electron chi connectivity index (χ1n) is 17.8. The van der Waals surface area contributed by atoms with Crippen molar-refractivity contribution in [3.63, 3.8) is 0 Å². The molecular weight excluding hydrogens is 518 g/mol. The van der Waals surface area contributed by atoms with Gasteiger partial charge in [-0.1, -0.05) is 86.3 Å². The van der Waals surface area contributed by atoms with E-state index in [0.717, 1.165) is 51.5 Å². The van der Waals surface area contributed by atoms with Crippen molar-refractivity contribution in [1.82, 2.24) is 5.32 Å². The molecule has 5 rings (SSSR count). The lowest BCUT2D eigenvalue weighted by molar-refractivity contribution is -0.212. The minimum Gasteiger partial charge on any atom is -0.462 e. The number of nitrogens with one attached hydrogen (secondary N) is 1. The van der Waals surface area contributed by atoms with Crippen LogP contribution in [0.5, 0.6) is 0 Å². The maximum absolute atomic E-state index is 14.2. The Morgan fingerprint density at radius 2 is 1.64 bits per heavy atom. The summed E-state index contributed by atoms with van der Waals surface area (Å²) in [5, 5.41) is 3.48. The molecule has 0 bridgehead atoms. The molecule has 0 aliphatic heterocycles. The van der Waals surface area contributed by atoms with E-state index >= 15 is 0 Å². The predicted molar refractivity (Wildman–Crippen MR) is 172 cm³/mol. The van der Waals surface area contributed by atoms with Crippen molar-refractivity contribution in [2.75, 3.05) is 6.54 Å². The number of carbonyl (C=O) groups is 2. The molecular formula is C38H63NO3. The first kappa shape index (κ1) is 32.1. The monoisotopic (exact) mass is 581 g/mol. The zero-order valence-electron chi connectivity index (χ0n) is 28.7. The quantitative estimate of drug-likeness (QED) is 0.185. The van der Waals surface area contributed by atoms with E-state index in [0.29, 0.717) is 35.5 Å². The van der Waals surface area contributed by atoms with Crippen LogP contribution in [-0.4, -0.2) is 24.5 Å². The van der Waals surface area contributed by atoms with Gasteiger partial charge in [0.05, 0.1) is 5.41 Å². The van der Waals surface area contributed by atoms with Crippen LogP contribution in [-0.2, 0) is 14.3 Å². The van der Waals surface area contributed by atoms with E-state index in [4.69, 9.17) is 4.74 Å². The molecule has 1 N–H and O–H groups in total. The van der Waals surface area contributed by atoms with E-state index in [1.165, 1.54) is 38.5 Å². The van der Waals surface area contributed by atoms with Crippen LogP contribution in [0.1, 0.15) is 146 Å². The Morgan fingerprint density at radius 3 is 2.33 bits per heavy atom. The summed E-state index contributed by atoms with van der Waals surface area (Å²) in [6.45, 7) is 22.2. The fourth-order valence-corrected chi connectivity index (χ4v) is 12.2. The van der Waals surface area contributed by atoms with Gasteiger partial charge in [0.25, 0.3) is 0 Å². The van der Waals surface area contributed by atoms with Gasteiger partial charge < -0.3 is 10.1 Å². The summed E-state index contributed by atoms with van der Waals surface area (Å²) < 4.78 is 5.94. The minimum atomic E-state index is -0.240. The molecule has 10 atom stereocenters. The van der Waals surface area contributed by atoms with Crippen LogP contribution < -0.4 is 5.32 Å². The van der Waals surface area contributed by atoms with Crippen LogP contribution in [0.2, 0.25) is 0 Å². The molecule has 4 heteroatoms. The Balaban J connectivity index is 1.48. The van der Waals surface area contributed by atoms with Gasteiger partial charge >= 0.3 is 5.97 Å². The van der Waals surface area contributed by atoms with E-state index in [1.54, 1.807) is 12.5 Å². The second-order valence-electron chi connectivity index (χ2n) is 17.1. The molecule has 4 saturated carbocycles. The van der Waals surface area contributed by atoms with Crippen molar-refractivity contribution in [2.45, 2.75) is 152 Å². The summed E-state index contributed by atoms with van der Waals surface area (Å²) in [7, 11) is 0. The Hall–Kier alpha value is -1.32. The number of esters is 1. The third-order valence-electron chi connectivity index (χ3n) is 15.0. The maximum atomic E-state index is 14.2.